The first-order valence-corrected chi connectivity index (χ1v) is 9.25. The fraction of sp³-hybridized carbons (Fsp3) is 0.217. The van der Waals surface area contributed by atoms with Gasteiger partial charge in [-0.05, 0) is 55.8 Å². The summed E-state index contributed by atoms with van der Waals surface area (Å²) in [6, 6.07) is 14.6. The lowest BCUT2D eigenvalue weighted by atomic mass is 10.1. The van der Waals surface area contributed by atoms with Crippen LogP contribution in [0.15, 0.2) is 63.8 Å². The number of nitrogens with zero attached hydrogens (tertiary/aromatic N) is 1. The standard InChI is InChI=1S/C23H23NO4/c1-4-24(5-2)18-10-6-16(7-11-18)8-13-21(25)20-14-17-9-12-19(27-3)15-22(17)28-23(20)26/h6-15H,4-5H2,1-3H3. The van der Waals surface area contributed by atoms with Crippen LogP contribution in [0, 0.1) is 0 Å². The van der Waals surface area contributed by atoms with E-state index in [1.165, 1.54) is 13.2 Å². The van der Waals surface area contributed by atoms with Gasteiger partial charge in [0.2, 0.25) is 0 Å². The molecule has 0 saturated heterocycles. The number of benzene rings is 2. The summed E-state index contributed by atoms with van der Waals surface area (Å²) in [6.07, 6.45) is 3.10. The third-order valence-electron chi connectivity index (χ3n) is 4.66. The molecular weight excluding hydrogens is 354 g/mol. The van der Waals surface area contributed by atoms with E-state index in [2.05, 4.69) is 18.7 Å². The summed E-state index contributed by atoms with van der Waals surface area (Å²) < 4.78 is 10.4. The van der Waals surface area contributed by atoms with Gasteiger partial charge in [-0.1, -0.05) is 18.2 Å². The molecular formula is C23H23NO4. The van der Waals surface area contributed by atoms with Crippen molar-refractivity contribution in [2.45, 2.75) is 13.8 Å². The molecule has 5 heteroatoms. The van der Waals surface area contributed by atoms with E-state index in [1.807, 2.05) is 24.3 Å². The molecule has 28 heavy (non-hydrogen) atoms. The monoisotopic (exact) mass is 377 g/mol. The molecule has 0 radical (unpaired) electrons. The minimum atomic E-state index is -0.660. The average molecular weight is 377 g/mol. The highest BCUT2D eigenvalue weighted by molar-refractivity contribution is 6.07. The number of carbonyl (C=O) groups is 1. The maximum atomic E-state index is 12.5. The van der Waals surface area contributed by atoms with Crippen molar-refractivity contribution in [3.05, 3.63) is 76.2 Å². The van der Waals surface area contributed by atoms with Crippen molar-refractivity contribution in [2.24, 2.45) is 0 Å². The van der Waals surface area contributed by atoms with Gasteiger partial charge in [-0.2, -0.15) is 0 Å². The highest BCUT2D eigenvalue weighted by Gasteiger charge is 2.12. The van der Waals surface area contributed by atoms with Gasteiger partial charge in [0.15, 0.2) is 5.78 Å². The molecule has 0 atom stereocenters. The van der Waals surface area contributed by atoms with E-state index in [4.69, 9.17) is 9.15 Å². The third-order valence-corrected chi connectivity index (χ3v) is 4.66. The molecule has 0 aliphatic rings. The van der Waals surface area contributed by atoms with E-state index >= 15 is 0 Å². The second-order valence-corrected chi connectivity index (χ2v) is 6.31. The van der Waals surface area contributed by atoms with E-state index in [1.54, 1.807) is 30.3 Å². The van der Waals surface area contributed by atoms with Crippen LogP contribution in [0.2, 0.25) is 0 Å². The molecule has 0 aliphatic carbocycles. The highest BCUT2D eigenvalue weighted by atomic mass is 16.5. The molecule has 0 saturated carbocycles. The molecule has 3 rings (SSSR count). The van der Waals surface area contributed by atoms with Crippen LogP contribution in [0.25, 0.3) is 17.0 Å². The van der Waals surface area contributed by atoms with E-state index in [9.17, 15) is 9.59 Å². The summed E-state index contributed by atoms with van der Waals surface area (Å²) in [6.45, 7) is 6.10. The Hall–Kier alpha value is -3.34. The van der Waals surface area contributed by atoms with E-state index in [0.717, 1.165) is 24.3 Å². The molecule has 0 spiro atoms. The molecule has 144 valence electrons. The molecule has 2 aromatic carbocycles. The first-order chi connectivity index (χ1) is 13.5. The number of ketones is 1. The largest absolute Gasteiger partial charge is 0.497 e. The first-order valence-electron chi connectivity index (χ1n) is 9.25. The van der Waals surface area contributed by atoms with Crippen molar-refractivity contribution in [1.29, 1.82) is 0 Å². The Balaban J connectivity index is 1.82. The van der Waals surface area contributed by atoms with Crippen molar-refractivity contribution >= 4 is 28.5 Å². The predicted molar refractivity (Wildman–Crippen MR) is 112 cm³/mol. The fourth-order valence-electron chi connectivity index (χ4n) is 3.04. The number of anilines is 1. The van der Waals surface area contributed by atoms with E-state index in [0.29, 0.717) is 16.7 Å². The van der Waals surface area contributed by atoms with Gasteiger partial charge in [0, 0.05) is 30.2 Å². The molecule has 3 aromatic rings. The lowest BCUT2D eigenvalue weighted by Crippen LogP contribution is -2.21. The maximum Gasteiger partial charge on any atom is 0.347 e. The number of allylic oxidation sites excluding steroid dienone is 1. The summed E-state index contributed by atoms with van der Waals surface area (Å²) in [7, 11) is 1.54. The van der Waals surface area contributed by atoms with Crippen LogP contribution in [0.3, 0.4) is 0 Å². The lowest BCUT2D eigenvalue weighted by molar-refractivity contribution is 0.104. The SMILES string of the molecule is CCN(CC)c1ccc(C=CC(=O)c2cc3ccc(OC)cc3oc2=O)cc1. The van der Waals surface area contributed by atoms with Crippen LogP contribution in [0.1, 0.15) is 29.8 Å². The number of hydrogen-bond acceptors (Lipinski definition) is 5. The Morgan fingerprint density at radius 2 is 1.79 bits per heavy atom. The summed E-state index contributed by atoms with van der Waals surface area (Å²) in [5.74, 6) is 0.196. The zero-order chi connectivity index (χ0) is 20.1. The third kappa shape index (κ3) is 4.14. The summed E-state index contributed by atoms with van der Waals surface area (Å²) >= 11 is 0. The second kappa shape index (κ2) is 8.57. The topological polar surface area (TPSA) is 59.8 Å². The van der Waals surface area contributed by atoms with Gasteiger partial charge < -0.3 is 14.1 Å². The zero-order valence-electron chi connectivity index (χ0n) is 16.3. The van der Waals surface area contributed by atoms with Crippen molar-refractivity contribution in [1.82, 2.24) is 0 Å². The van der Waals surface area contributed by atoms with Crippen LogP contribution in [-0.2, 0) is 0 Å². The van der Waals surface area contributed by atoms with E-state index < -0.39 is 5.63 Å². The molecule has 5 nitrogen and oxygen atoms in total. The second-order valence-electron chi connectivity index (χ2n) is 6.31. The van der Waals surface area contributed by atoms with Gasteiger partial charge in [-0.25, -0.2) is 4.79 Å². The Bertz CT molecular complexity index is 1060. The number of methoxy groups -OCH3 is 1. The summed E-state index contributed by atoms with van der Waals surface area (Å²) in [5.41, 5.74) is 1.76. The summed E-state index contributed by atoms with van der Waals surface area (Å²) in [4.78, 5) is 26.9. The maximum absolute atomic E-state index is 12.5. The van der Waals surface area contributed by atoms with Gasteiger partial charge in [-0.15, -0.1) is 0 Å². The lowest BCUT2D eigenvalue weighted by Gasteiger charge is -2.20. The minimum Gasteiger partial charge on any atom is -0.497 e. The normalized spacial score (nSPS) is 11.1. The average Bonchev–Trinajstić information content (AvgIpc) is 2.72. The van der Waals surface area contributed by atoms with Gasteiger partial charge in [-0.3, -0.25) is 4.79 Å². The minimum absolute atomic E-state index is 0.00804. The predicted octanol–water partition coefficient (Wildman–Crippen LogP) is 4.54. The van der Waals surface area contributed by atoms with Crippen molar-refractivity contribution in [3.8, 4) is 5.75 Å². The molecule has 0 aliphatic heterocycles. The Labute approximate surface area is 163 Å². The Kier molecular flexibility index (Phi) is 5.94. The van der Waals surface area contributed by atoms with Crippen molar-refractivity contribution < 1.29 is 13.9 Å². The molecule has 0 N–H and O–H groups in total. The van der Waals surface area contributed by atoms with Gasteiger partial charge in [0.05, 0.1) is 7.11 Å². The fourth-order valence-corrected chi connectivity index (χ4v) is 3.04. The van der Waals surface area contributed by atoms with Crippen LogP contribution >= 0.6 is 0 Å². The van der Waals surface area contributed by atoms with Crippen molar-refractivity contribution in [3.63, 3.8) is 0 Å². The van der Waals surface area contributed by atoms with Gasteiger partial charge >= 0.3 is 5.63 Å². The van der Waals surface area contributed by atoms with Gasteiger partial charge in [0.1, 0.15) is 16.9 Å². The number of rotatable bonds is 7. The summed E-state index contributed by atoms with van der Waals surface area (Å²) in [5, 5.41) is 0.667. The molecule has 0 unspecified atom stereocenters. The number of carbonyl (C=O) groups excluding carboxylic acids is 1. The van der Waals surface area contributed by atoms with Crippen molar-refractivity contribution in [2.75, 3.05) is 25.1 Å². The Morgan fingerprint density at radius 1 is 1.07 bits per heavy atom. The number of fused-ring (bicyclic) bond motifs is 1. The smallest absolute Gasteiger partial charge is 0.347 e. The number of ether oxygens (including phenoxy) is 1. The first kappa shape index (κ1) is 19.4. The molecule has 1 aromatic heterocycles. The quantitative estimate of drug-likeness (QED) is 0.344. The molecule has 0 amide bonds. The van der Waals surface area contributed by atoms with Crippen LogP contribution in [0.4, 0.5) is 5.69 Å². The highest BCUT2D eigenvalue weighted by Crippen LogP contribution is 2.21. The Morgan fingerprint density at radius 3 is 2.43 bits per heavy atom. The van der Waals surface area contributed by atoms with E-state index in [-0.39, 0.29) is 11.3 Å². The van der Waals surface area contributed by atoms with Crippen LogP contribution in [-0.4, -0.2) is 26.0 Å². The number of hydrogen-bond donors (Lipinski definition) is 0. The van der Waals surface area contributed by atoms with Gasteiger partial charge in [0.25, 0.3) is 0 Å². The van der Waals surface area contributed by atoms with Crippen LogP contribution < -0.4 is 15.3 Å². The molecule has 1 heterocycles. The molecule has 0 bridgehead atoms. The van der Waals surface area contributed by atoms with Crippen LogP contribution in [0.5, 0.6) is 5.75 Å². The molecule has 0 fully saturated rings. The zero-order valence-corrected chi connectivity index (χ0v) is 16.3.